The third-order valence-electron chi connectivity index (χ3n) is 4.37. The van der Waals surface area contributed by atoms with Crippen LogP contribution in [0.25, 0.3) is 6.08 Å². The molecule has 0 aliphatic carbocycles. The lowest BCUT2D eigenvalue weighted by atomic mass is 10.1. The van der Waals surface area contributed by atoms with Gasteiger partial charge in [0.05, 0.1) is 12.2 Å². The number of esters is 1. The van der Waals surface area contributed by atoms with Gasteiger partial charge in [-0.2, -0.15) is 0 Å². The van der Waals surface area contributed by atoms with Crippen LogP contribution in [0, 0.1) is 0 Å². The second-order valence-electron chi connectivity index (χ2n) is 6.53. The number of halogens is 1. The Labute approximate surface area is 181 Å². The molecule has 0 saturated carbocycles. The molecule has 0 unspecified atom stereocenters. The summed E-state index contributed by atoms with van der Waals surface area (Å²) in [7, 11) is 0. The summed E-state index contributed by atoms with van der Waals surface area (Å²) in [6.45, 7) is 3.54. The second-order valence-corrected chi connectivity index (χ2v) is 7.06. The average Bonchev–Trinajstić information content (AvgIpc) is 3.09. The first-order chi connectivity index (χ1) is 14.4. The van der Waals surface area contributed by atoms with Crippen LogP contribution >= 0.6 is 15.9 Å². The second kappa shape index (κ2) is 11.7. The maximum absolute atomic E-state index is 12.3. The summed E-state index contributed by atoms with van der Waals surface area (Å²) in [6.07, 6.45) is 1.54. The largest absolute Gasteiger partial charge is 0.508 e. The Morgan fingerprint density at radius 2 is 2.10 bits per heavy atom. The Kier molecular flexibility index (Phi) is 9.31. The minimum Gasteiger partial charge on any atom is -0.459 e. The Bertz CT molecular complexity index is 878. The topological polar surface area (TPSA) is 126 Å². The van der Waals surface area contributed by atoms with Crippen molar-refractivity contribution < 1.29 is 28.5 Å². The molecule has 0 amide bonds. The van der Waals surface area contributed by atoms with Crippen LogP contribution in [0.5, 0.6) is 0 Å². The zero-order valence-corrected chi connectivity index (χ0v) is 18.4. The quantitative estimate of drug-likeness (QED) is 0.525. The molecule has 1 fully saturated rings. The van der Waals surface area contributed by atoms with E-state index in [0.717, 1.165) is 6.42 Å². The van der Waals surface area contributed by atoms with Crippen molar-refractivity contribution in [3.05, 3.63) is 37.6 Å². The minimum atomic E-state index is -0.869. The third kappa shape index (κ3) is 6.56. The van der Waals surface area contributed by atoms with Crippen molar-refractivity contribution >= 4 is 34.1 Å². The van der Waals surface area contributed by atoms with Crippen molar-refractivity contribution in [2.75, 3.05) is 13.2 Å². The van der Waals surface area contributed by atoms with Gasteiger partial charge in [0.1, 0.15) is 25.0 Å². The predicted octanol–water partition coefficient (Wildman–Crippen LogP) is 2.46. The first kappa shape index (κ1) is 23.9. The number of nitrogens with one attached hydrogen (secondary N) is 1. The number of hydrogen-bond donors (Lipinski definition) is 1. The summed E-state index contributed by atoms with van der Waals surface area (Å²) in [6, 6.07) is 0. The van der Waals surface area contributed by atoms with E-state index in [1.807, 2.05) is 6.92 Å². The lowest BCUT2D eigenvalue weighted by Crippen LogP contribution is -2.33. The predicted molar refractivity (Wildman–Crippen MR) is 110 cm³/mol. The zero-order valence-electron chi connectivity index (χ0n) is 16.8. The monoisotopic (exact) mass is 488 g/mol. The Morgan fingerprint density at radius 1 is 1.33 bits per heavy atom. The van der Waals surface area contributed by atoms with Crippen LogP contribution in [0.2, 0.25) is 0 Å². The molecule has 1 aromatic heterocycles. The Hall–Kier alpha value is -2.40. The van der Waals surface area contributed by atoms with Crippen molar-refractivity contribution in [3.8, 4) is 0 Å². The molecule has 1 saturated heterocycles. The molecule has 1 N–H and O–H groups in total. The van der Waals surface area contributed by atoms with Gasteiger partial charge < -0.3 is 18.9 Å². The van der Waals surface area contributed by atoms with Gasteiger partial charge in [0.2, 0.25) is 0 Å². The van der Waals surface area contributed by atoms with Crippen molar-refractivity contribution in [2.24, 2.45) is 0 Å². The summed E-state index contributed by atoms with van der Waals surface area (Å²) < 4.78 is 22.3. The molecule has 10 nitrogen and oxygen atoms in total. The Morgan fingerprint density at radius 3 is 2.77 bits per heavy atom. The van der Waals surface area contributed by atoms with Crippen LogP contribution in [0.15, 0.2) is 20.8 Å². The third-order valence-corrected chi connectivity index (χ3v) is 4.64. The molecule has 0 bridgehead atoms. The fourth-order valence-corrected chi connectivity index (χ4v) is 3.19. The SMILES string of the molecule is CCCCC(=O)O[C@H]1C[C@H](n2cc(C=CBr)c(=O)[nH]c2=O)O[C@@H]1COC(=O)OCC. The smallest absolute Gasteiger partial charge is 0.459 e. The molecule has 2 rings (SSSR count). The van der Waals surface area contributed by atoms with E-state index in [-0.39, 0.29) is 31.6 Å². The fourth-order valence-electron chi connectivity index (χ4n) is 2.91. The summed E-state index contributed by atoms with van der Waals surface area (Å²) in [5, 5.41) is 0. The molecule has 1 aliphatic heterocycles. The van der Waals surface area contributed by atoms with E-state index in [9.17, 15) is 19.2 Å². The van der Waals surface area contributed by atoms with Crippen LogP contribution in [0.4, 0.5) is 4.79 Å². The number of rotatable bonds is 9. The molecule has 1 aromatic rings. The van der Waals surface area contributed by atoms with Gasteiger partial charge in [0.25, 0.3) is 5.56 Å². The van der Waals surface area contributed by atoms with E-state index in [0.29, 0.717) is 6.42 Å². The molecule has 30 heavy (non-hydrogen) atoms. The van der Waals surface area contributed by atoms with E-state index >= 15 is 0 Å². The van der Waals surface area contributed by atoms with Crippen LogP contribution in [0.3, 0.4) is 0 Å². The molecule has 0 aromatic carbocycles. The average molecular weight is 489 g/mol. The number of nitrogens with zero attached hydrogens (tertiary/aromatic N) is 1. The molecule has 0 spiro atoms. The number of carbonyl (C=O) groups excluding carboxylic acids is 2. The van der Waals surface area contributed by atoms with E-state index in [4.69, 9.17) is 18.9 Å². The van der Waals surface area contributed by atoms with E-state index in [1.165, 1.54) is 21.8 Å². The first-order valence-corrected chi connectivity index (χ1v) is 10.6. The van der Waals surface area contributed by atoms with Gasteiger partial charge in [0, 0.05) is 19.0 Å². The lowest BCUT2D eigenvalue weighted by molar-refractivity contribution is -0.153. The van der Waals surface area contributed by atoms with E-state index < -0.39 is 41.8 Å². The number of H-pyrrole nitrogens is 1. The molecular weight excluding hydrogens is 464 g/mol. The molecule has 166 valence electrons. The lowest BCUT2D eigenvalue weighted by Gasteiger charge is -2.18. The minimum absolute atomic E-state index is 0.151. The van der Waals surface area contributed by atoms with Crippen molar-refractivity contribution in [1.29, 1.82) is 0 Å². The standard InChI is InChI=1S/C19H25BrN2O8/c1-3-5-6-16(23)30-13-9-15(29-14(13)11-28-19(26)27-4-2)22-10-12(7-8-20)17(24)21-18(22)25/h7-8,10,13-15H,3-6,9,11H2,1-2H3,(H,21,24,25)/t13-,14+,15+/m0/s1. The molecule has 1 aliphatic rings. The zero-order chi connectivity index (χ0) is 22.1. The molecule has 0 radical (unpaired) electrons. The molecule has 11 heteroatoms. The van der Waals surface area contributed by atoms with Gasteiger partial charge in [0.15, 0.2) is 0 Å². The highest BCUT2D eigenvalue weighted by molar-refractivity contribution is 9.11. The van der Waals surface area contributed by atoms with Crippen LogP contribution in [0.1, 0.15) is 51.3 Å². The highest BCUT2D eigenvalue weighted by atomic mass is 79.9. The molecular formula is C19H25BrN2O8. The number of aromatic amines is 1. The first-order valence-electron chi connectivity index (χ1n) is 9.66. The normalized spacial score (nSPS) is 21.0. The number of unbranched alkanes of at least 4 members (excludes halogenated alkanes) is 1. The van der Waals surface area contributed by atoms with Crippen molar-refractivity contribution in [2.45, 2.75) is 58.0 Å². The summed E-state index contributed by atoms with van der Waals surface area (Å²) in [5.41, 5.74) is -0.979. The number of ether oxygens (including phenoxy) is 4. The summed E-state index contributed by atoms with van der Waals surface area (Å²) in [4.78, 5) is 51.5. The Balaban J connectivity index is 2.21. The highest BCUT2D eigenvalue weighted by Crippen LogP contribution is 2.30. The highest BCUT2D eigenvalue weighted by Gasteiger charge is 2.40. The molecule has 3 atom stereocenters. The summed E-state index contributed by atoms with van der Waals surface area (Å²) in [5.74, 6) is -0.399. The number of hydrogen-bond acceptors (Lipinski definition) is 8. The van der Waals surface area contributed by atoms with Gasteiger partial charge in [-0.1, -0.05) is 29.3 Å². The number of aromatic nitrogens is 2. The van der Waals surface area contributed by atoms with Gasteiger partial charge in [-0.25, -0.2) is 9.59 Å². The van der Waals surface area contributed by atoms with Crippen molar-refractivity contribution in [1.82, 2.24) is 9.55 Å². The summed E-state index contributed by atoms with van der Waals surface area (Å²) >= 11 is 3.09. The van der Waals surface area contributed by atoms with Crippen LogP contribution < -0.4 is 11.2 Å². The van der Waals surface area contributed by atoms with Gasteiger partial charge >= 0.3 is 17.8 Å². The van der Waals surface area contributed by atoms with Gasteiger partial charge in [-0.05, 0) is 24.4 Å². The van der Waals surface area contributed by atoms with E-state index in [2.05, 4.69) is 20.9 Å². The van der Waals surface area contributed by atoms with Crippen LogP contribution in [-0.2, 0) is 23.7 Å². The van der Waals surface area contributed by atoms with Crippen molar-refractivity contribution in [3.63, 3.8) is 0 Å². The van der Waals surface area contributed by atoms with E-state index in [1.54, 1.807) is 6.92 Å². The maximum Gasteiger partial charge on any atom is 0.508 e. The van der Waals surface area contributed by atoms with Gasteiger partial charge in [-0.15, -0.1) is 0 Å². The maximum atomic E-state index is 12.3. The molecule has 2 heterocycles. The fraction of sp³-hybridized carbons (Fsp3) is 0.579. The van der Waals surface area contributed by atoms with Gasteiger partial charge in [-0.3, -0.25) is 19.1 Å². The number of carbonyl (C=O) groups is 2. The van der Waals surface area contributed by atoms with Crippen LogP contribution in [-0.4, -0.2) is 47.1 Å².